The van der Waals surface area contributed by atoms with Crippen molar-refractivity contribution in [3.63, 3.8) is 0 Å². The fraction of sp³-hybridized carbons (Fsp3) is 0. The number of fused-ring (bicyclic) bond motifs is 8. The van der Waals surface area contributed by atoms with Gasteiger partial charge in [0.2, 0.25) is 0 Å². The van der Waals surface area contributed by atoms with E-state index in [1.54, 1.807) is 0 Å². The summed E-state index contributed by atoms with van der Waals surface area (Å²) in [5.41, 5.74) is 10.4. The minimum absolute atomic E-state index is 0.572. The molecule has 0 spiro atoms. The molecule has 0 unspecified atom stereocenters. The highest BCUT2D eigenvalue weighted by Gasteiger charge is 2.18. The van der Waals surface area contributed by atoms with Gasteiger partial charge in [0.1, 0.15) is 11.2 Å². The Labute approximate surface area is 315 Å². The molecule has 0 aliphatic rings. The predicted molar refractivity (Wildman–Crippen MR) is 222 cm³/mol. The number of aromatic nitrogens is 5. The van der Waals surface area contributed by atoms with Crippen LogP contribution in [0.3, 0.4) is 0 Å². The standard InChI is InChI=1S/C49H29N5O/c1-3-12-30(13-4-1)39-28-41-38-20-11-25-51-46(38)40(29-42(41)37-19-10-24-50-45(37)39)32-16-9-17-33(26-32)48-52-47(31-14-5-2-6-15-31)53-49(54-48)34-22-23-36-35-18-7-8-21-43(35)55-44(36)27-34/h1-29H. The monoisotopic (exact) mass is 703 g/mol. The van der Waals surface area contributed by atoms with Crippen molar-refractivity contribution in [2.45, 2.75) is 0 Å². The number of furan rings is 1. The minimum Gasteiger partial charge on any atom is -0.456 e. The van der Waals surface area contributed by atoms with Crippen molar-refractivity contribution >= 4 is 54.5 Å². The van der Waals surface area contributed by atoms with E-state index in [0.717, 1.165) is 93.5 Å². The molecule has 6 nitrogen and oxygen atoms in total. The van der Waals surface area contributed by atoms with Crippen molar-refractivity contribution in [1.29, 1.82) is 0 Å². The fourth-order valence-electron chi connectivity index (χ4n) is 7.80. The van der Waals surface area contributed by atoms with Gasteiger partial charge in [0.05, 0.1) is 11.0 Å². The first-order valence-corrected chi connectivity index (χ1v) is 18.2. The molecular formula is C49H29N5O. The predicted octanol–water partition coefficient (Wildman–Crippen LogP) is 12.4. The van der Waals surface area contributed by atoms with Gasteiger partial charge in [-0.05, 0) is 70.4 Å². The van der Waals surface area contributed by atoms with Crippen molar-refractivity contribution < 1.29 is 4.42 Å². The van der Waals surface area contributed by atoms with Crippen LogP contribution in [-0.2, 0) is 0 Å². The van der Waals surface area contributed by atoms with Gasteiger partial charge in [-0.3, -0.25) is 9.97 Å². The van der Waals surface area contributed by atoms with Crippen LogP contribution in [0.15, 0.2) is 181 Å². The van der Waals surface area contributed by atoms with Gasteiger partial charge in [-0.15, -0.1) is 0 Å². The van der Waals surface area contributed by atoms with Gasteiger partial charge in [0, 0.05) is 61.8 Å². The summed E-state index contributed by atoms with van der Waals surface area (Å²) in [6.07, 6.45) is 3.74. The van der Waals surface area contributed by atoms with Crippen LogP contribution in [0.2, 0.25) is 0 Å². The highest BCUT2D eigenvalue weighted by molar-refractivity contribution is 6.22. The smallest absolute Gasteiger partial charge is 0.164 e. The molecule has 0 saturated carbocycles. The van der Waals surface area contributed by atoms with Gasteiger partial charge in [0.25, 0.3) is 0 Å². The molecule has 0 saturated heterocycles. The molecule has 0 atom stereocenters. The van der Waals surface area contributed by atoms with Crippen LogP contribution in [0.1, 0.15) is 0 Å². The lowest BCUT2D eigenvalue weighted by molar-refractivity contribution is 0.669. The van der Waals surface area contributed by atoms with Crippen LogP contribution in [0.4, 0.5) is 0 Å². The number of benzene rings is 7. The second kappa shape index (κ2) is 12.5. The van der Waals surface area contributed by atoms with E-state index in [0.29, 0.717) is 17.5 Å². The SMILES string of the molecule is c1ccc(-c2nc(-c3cccc(-c4cc5c6cccnc6c(-c6ccccc6)cc5c5cccnc45)c3)nc(-c3ccc4c(c3)oc3ccccc34)n2)cc1. The lowest BCUT2D eigenvalue weighted by Gasteiger charge is -2.15. The molecule has 7 aromatic carbocycles. The summed E-state index contributed by atoms with van der Waals surface area (Å²) >= 11 is 0. The molecule has 0 bridgehead atoms. The Morgan fingerprint density at radius 3 is 1.51 bits per heavy atom. The first-order chi connectivity index (χ1) is 27.2. The van der Waals surface area contributed by atoms with Gasteiger partial charge in [0.15, 0.2) is 17.5 Å². The molecule has 0 radical (unpaired) electrons. The largest absolute Gasteiger partial charge is 0.456 e. The highest BCUT2D eigenvalue weighted by atomic mass is 16.3. The molecule has 256 valence electrons. The fourth-order valence-corrected chi connectivity index (χ4v) is 7.80. The number of rotatable bonds is 5. The van der Waals surface area contributed by atoms with Crippen molar-refractivity contribution in [1.82, 2.24) is 24.9 Å². The Morgan fingerprint density at radius 1 is 0.309 bits per heavy atom. The van der Waals surface area contributed by atoms with E-state index >= 15 is 0 Å². The third-order valence-corrected chi connectivity index (χ3v) is 10.4. The third-order valence-electron chi connectivity index (χ3n) is 10.4. The molecule has 0 fully saturated rings. The van der Waals surface area contributed by atoms with Gasteiger partial charge in [-0.2, -0.15) is 0 Å². The number of pyridine rings is 2. The van der Waals surface area contributed by atoms with E-state index in [1.807, 2.05) is 85.2 Å². The maximum atomic E-state index is 6.25. The van der Waals surface area contributed by atoms with Crippen LogP contribution in [-0.4, -0.2) is 24.9 Å². The van der Waals surface area contributed by atoms with Crippen molar-refractivity contribution in [3.8, 4) is 56.4 Å². The van der Waals surface area contributed by atoms with E-state index in [4.69, 9.17) is 29.3 Å². The average molecular weight is 704 g/mol. The number of hydrogen-bond donors (Lipinski definition) is 0. The molecule has 4 aromatic heterocycles. The summed E-state index contributed by atoms with van der Waals surface area (Å²) < 4.78 is 6.25. The molecule has 11 aromatic rings. The third kappa shape index (κ3) is 5.23. The van der Waals surface area contributed by atoms with Crippen molar-refractivity contribution in [3.05, 3.63) is 176 Å². The molecule has 0 aliphatic carbocycles. The zero-order valence-corrected chi connectivity index (χ0v) is 29.4. The number of nitrogens with zero attached hydrogens (tertiary/aromatic N) is 5. The van der Waals surface area contributed by atoms with Gasteiger partial charge < -0.3 is 4.42 Å². The van der Waals surface area contributed by atoms with E-state index in [1.165, 1.54) is 0 Å². The quantitative estimate of drug-likeness (QED) is 0.166. The molecule has 0 amide bonds. The minimum atomic E-state index is 0.572. The zero-order chi connectivity index (χ0) is 36.3. The van der Waals surface area contributed by atoms with Crippen molar-refractivity contribution in [2.24, 2.45) is 0 Å². The maximum Gasteiger partial charge on any atom is 0.164 e. The topological polar surface area (TPSA) is 77.6 Å². The first kappa shape index (κ1) is 31.0. The molecule has 11 rings (SSSR count). The summed E-state index contributed by atoms with van der Waals surface area (Å²) in [7, 11) is 0. The number of hydrogen-bond acceptors (Lipinski definition) is 6. The van der Waals surface area contributed by atoms with Gasteiger partial charge in [-0.1, -0.05) is 115 Å². The van der Waals surface area contributed by atoms with Crippen LogP contribution in [0.5, 0.6) is 0 Å². The Hall–Kier alpha value is -7.57. The molecule has 6 heteroatoms. The first-order valence-electron chi connectivity index (χ1n) is 18.2. The Balaban J connectivity index is 1.10. The summed E-state index contributed by atoms with van der Waals surface area (Å²) in [5.74, 6) is 1.75. The summed E-state index contributed by atoms with van der Waals surface area (Å²) in [6, 6.07) is 56.1. The van der Waals surface area contributed by atoms with E-state index in [9.17, 15) is 0 Å². The Kier molecular flexibility index (Phi) is 7.07. The maximum absolute atomic E-state index is 6.25. The van der Waals surface area contributed by atoms with Gasteiger partial charge in [-0.25, -0.2) is 15.0 Å². The summed E-state index contributed by atoms with van der Waals surface area (Å²) in [5, 5.41) is 6.58. The number of para-hydroxylation sites is 1. The molecule has 0 N–H and O–H groups in total. The average Bonchev–Trinajstić information content (AvgIpc) is 3.64. The molecule has 4 heterocycles. The molecule has 55 heavy (non-hydrogen) atoms. The van der Waals surface area contributed by atoms with E-state index in [2.05, 4.69) is 91.0 Å². The second-order valence-electron chi connectivity index (χ2n) is 13.7. The van der Waals surface area contributed by atoms with Crippen LogP contribution >= 0.6 is 0 Å². The Bertz CT molecular complexity index is 3270. The lowest BCUT2D eigenvalue weighted by atomic mass is 9.90. The van der Waals surface area contributed by atoms with Crippen molar-refractivity contribution in [2.75, 3.05) is 0 Å². The second-order valence-corrected chi connectivity index (χ2v) is 13.7. The van der Waals surface area contributed by atoms with Gasteiger partial charge >= 0.3 is 0 Å². The lowest BCUT2D eigenvalue weighted by Crippen LogP contribution is -2.00. The zero-order valence-electron chi connectivity index (χ0n) is 29.4. The highest BCUT2D eigenvalue weighted by Crippen LogP contribution is 2.41. The normalized spacial score (nSPS) is 11.6. The molecule has 0 aliphatic heterocycles. The molecular weight excluding hydrogens is 675 g/mol. The Morgan fingerprint density at radius 2 is 0.818 bits per heavy atom. The van der Waals surface area contributed by atoms with Crippen LogP contribution in [0.25, 0.3) is 111 Å². The van der Waals surface area contributed by atoms with E-state index in [-0.39, 0.29) is 0 Å². The summed E-state index contributed by atoms with van der Waals surface area (Å²) in [6.45, 7) is 0. The van der Waals surface area contributed by atoms with Crippen LogP contribution in [0, 0.1) is 0 Å². The van der Waals surface area contributed by atoms with Crippen LogP contribution < -0.4 is 0 Å². The van der Waals surface area contributed by atoms with E-state index < -0.39 is 0 Å². The summed E-state index contributed by atoms with van der Waals surface area (Å²) in [4.78, 5) is 25.0.